The zero-order valence-electron chi connectivity index (χ0n) is 10.7. The highest BCUT2D eigenvalue weighted by atomic mass is 16.3. The van der Waals surface area contributed by atoms with Crippen LogP contribution in [0.1, 0.15) is 15.9 Å². The van der Waals surface area contributed by atoms with E-state index in [0.29, 0.717) is 12.1 Å². The molecule has 0 unspecified atom stereocenters. The van der Waals surface area contributed by atoms with Crippen molar-refractivity contribution in [1.29, 1.82) is 0 Å². The third-order valence-electron chi connectivity index (χ3n) is 2.99. The van der Waals surface area contributed by atoms with E-state index in [-0.39, 0.29) is 11.7 Å². The van der Waals surface area contributed by atoms with Crippen molar-refractivity contribution in [3.05, 3.63) is 59.7 Å². The maximum Gasteiger partial charge on any atom is 0.258 e. The van der Waals surface area contributed by atoms with Gasteiger partial charge in [0, 0.05) is 24.8 Å². The van der Waals surface area contributed by atoms with Gasteiger partial charge in [0.15, 0.2) is 0 Å². The van der Waals surface area contributed by atoms with Crippen LogP contribution in [0.3, 0.4) is 0 Å². The molecule has 2 aromatic rings. The van der Waals surface area contributed by atoms with Crippen molar-refractivity contribution < 1.29 is 9.90 Å². The van der Waals surface area contributed by atoms with Gasteiger partial charge >= 0.3 is 0 Å². The first kappa shape index (κ1) is 13.1. The lowest BCUT2D eigenvalue weighted by atomic mass is 10.1. The number of benzene rings is 2. The molecule has 0 bridgehead atoms. The van der Waals surface area contributed by atoms with E-state index in [1.807, 2.05) is 24.3 Å². The molecule has 0 aliphatic rings. The highest BCUT2D eigenvalue weighted by Gasteiger charge is 2.15. The number of amides is 1. The zero-order valence-corrected chi connectivity index (χ0v) is 10.7. The number of hydrogen-bond acceptors (Lipinski definition) is 3. The number of rotatable bonds is 3. The molecule has 0 fully saturated rings. The molecule has 0 aliphatic carbocycles. The molecule has 2 rings (SSSR count). The third-order valence-corrected chi connectivity index (χ3v) is 2.99. The molecule has 0 heterocycles. The number of phenols is 1. The van der Waals surface area contributed by atoms with E-state index in [2.05, 4.69) is 0 Å². The lowest BCUT2D eigenvalue weighted by Gasteiger charge is -2.20. The second kappa shape index (κ2) is 5.54. The molecule has 4 nitrogen and oxygen atoms in total. The molecular formula is C15H16N2O2. The number of carbonyl (C=O) groups is 1. The van der Waals surface area contributed by atoms with Gasteiger partial charge in [-0.05, 0) is 35.9 Å². The topological polar surface area (TPSA) is 66.6 Å². The minimum absolute atomic E-state index is 0.138. The standard InChI is InChI=1S/C15H16N2O2/c1-17(14-5-3-2-4-12(14)10-16)15(19)11-6-8-13(18)9-7-11/h2-9,18H,10,16H2,1H3. The highest BCUT2D eigenvalue weighted by Crippen LogP contribution is 2.21. The van der Waals surface area contributed by atoms with Gasteiger partial charge in [-0.1, -0.05) is 18.2 Å². The van der Waals surface area contributed by atoms with Crippen molar-refractivity contribution in [2.24, 2.45) is 5.73 Å². The van der Waals surface area contributed by atoms with Crippen molar-refractivity contribution in [2.75, 3.05) is 11.9 Å². The Morgan fingerprint density at radius 2 is 1.79 bits per heavy atom. The van der Waals surface area contributed by atoms with Gasteiger partial charge in [0.25, 0.3) is 5.91 Å². The minimum atomic E-state index is -0.138. The quantitative estimate of drug-likeness (QED) is 0.884. The first-order chi connectivity index (χ1) is 9.13. The Morgan fingerprint density at radius 3 is 2.42 bits per heavy atom. The number of anilines is 1. The van der Waals surface area contributed by atoms with Gasteiger partial charge in [-0.25, -0.2) is 0 Å². The fraction of sp³-hybridized carbons (Fsp3) is 0.133. The zero-order chi connectivity index (χ0) is 13.8. The number of carbonyl (C=O) groups excluding carboxylic acids is 1. The maximum absolute atomic E-state index is 12.3. The van der Waals surface area contributed by atoms with Gasteiger partial charge in [-0.3, -0.25) is 4.79 Å². The Kier molecular flexibility index (Phi) is 3.82. The number of aromatic hydroxyl groups is 1. The van der Waals surface area contributed by atoms with Crippen LogP contribution in [0.5, 0.6) is 5.75 Å². The molecule has 0 saturated heterocycles. The first-order valence-corrected chi connectivity index (χ1v) is 5.98. The van der Waals surface area contributed by atoms with Gasteiger partial charge in [0.1, 0.15) is 5.75 Å². The summed E-state index contributed by atoms with van der Waals surface area (Å²) in [5, 5.41) is 9.23. The van der Waals surface area contributed by atoms with Crippen molar-refractivity contribution >= 4 is 11.6 Å². The van der Waals surface area contributed by atoms with E-state index in [4.69, 9.17) is 5.73 Å². The van der Waals surface area contributed by atoms with Crippen LogP contribution in [-0.2, 0) is 6.54 Å². The second-order valence-electron chi connectivity index (χ2n) is 4.24. The first-order valence-electron chi connectivity index (χ1n) is 5.98. The van der Waals surface area contributed by atoms with E-state index in [9.17, 15) is 9.90 Å². The number of hydrogen-bond donors (Lipinski definition) is 2. The van der Waals surface area contributed by atoms with Gasteiger partial charge in [-0.2, -0.15) is 0 Å². The number of phenolic OH excluding ortho intramolecular Hbond substituents is 1. The van der Waals surface area contributed by atoms with Crippen LogP contribution < -0.4 is 10.6 Å². The average molecular weight is 256 g/mol. The summed E-state index contributed by atoms with van der Waals surface area (Å²) in [6, 6.07) is 13.7. The molecule has 4 heteroatoms. The Hall–Kier alpha value is -2.33. The number of nitrogens with zero attached hydrogens (tertiary/aromatic N) is 1. The third kappa shape index (κ3) is 2.74. The summed E-state index contributed by atoms with van der Waals surface area (Å²) in [5.74, 6) is 0.00228. The SMILES string of the molecule is CN(C(=O)c1ccc(O)cc1)c1ccccc1CN. The predicted molar refractivity (Wildman–Crippen MR) is 75.2 cm³/mol. The van der Waals surface area contributed by atoms with Crippen molar-refractivity contribution in [3.8, 4) is 5.75 Å². The summed E-state index contributed by atoms with van der Waals surface area (Å²) >= 11 is 0. The lowest BCUT2D eigenvalue weighted by molar-refractivity contribution is 0.0993. The molecule has 0 spiro atoms. The van der Waals surface area contributed by atoms with Gasteiger partial charge in [0.2, 0.25) is 0 Å². The van der Waals surface area contributed by atoms with E-state index in [1.165, 1.54) is 12.1 Å². The summed E-state index contributed by atoms with van der Waals surface area (Å²) in [7, 11) is 1.71. The van der Waals surface area contributed by atoms with Crippen molar-refractivity contribution in [1.82, 2.24) is 0 Å². The summed E-state index contributed by atoms with van der Waals surface area (Å²) in [6.45, 7) is 0.378. The molecule has 0 aliphatic heterocycles. The largest absolute Gasteiger partial charge is 0.508 e. The van der Waals surface area contributed by atoms with Crippen LogP contribution in [0, 0.1) is 0 Å². The Labute approximate surface area is 112 Å². The molecule has 0 radical (unpaired) electrons. The van der Waals surface area contributed by atoms with Crippen molar-refractivity contribution in [2.45, 2.75) is 6.54 Å². The van der Waals surface area contributed by atoms with E-state index in [1.54, 1.807) is 24.1 Å². The van der Waals surface area contributed by atoms with Crippen LogP contribution in [0.15, 0.2) is 48.5 Å². The fourth-order valence-electron chi connectivity index (χ4n) is 1.92. The van der Waals surface area contributed by atoms with E-state index in [0.717, 1.165) is 11.3 Å². The Morgan fingerprint density at radius 1 is 1.16 bits per heavy atom. The van der Waals surface area contributed by atoms with E-state index < -0.39 is 0 Å². The van der Waals surface area contributed by atoms with Crippen LogP contribution >= 0.6 is 0 Å². The molecule has 98 valence electrons. The summed E-state index contributed by atoms with van der Waals surface area (Å²) in [6.07, 6.45) is 0. The molecule has 3 N–H and O–H groups in total. The highest BCUT2D eigenvalue weighted by molar-refractivity contribution is 6.06. The van der Waals surface area contributed by atoms with Crippen LogP contribution in [-0.4, -0.2) is 18.1 Å². The smallest absolute Gasteiger partial charge is 0.258 e. The van der Waals surface area contributed by atoms with Crippen LogP contribution in [0.2, 0.25) is 0 Å². The summed E-state index contributed by atoms with van der Waals surface area (Å²) in [4.78, 5) is 13.9. The predicted octanol–water partition coefficient (Wildman–Crippen LogP) is 2.13. The van der Waals surface area contributed by atoms with E-state index >= 15 is 0 Å². The molecule has 1 amide bonds. The van der Waals surface area contributed by atoms with Crippen LogP contribution in [0.25, 0.3) is 0 Å². The molecule has 2 aromatic carbocycles. The lowest BCUT2D eigenvalue weighted by Crippen LogP contribution is -2.27. The van der Waals surface area contributed by atoms with Gasteiger partial charge in [-0.15, -0.1) is 0 Å². The molecule has 19 heavy (non-hydrogen) atoms. The molecule has 0 atom stereocenters. The normalized spacial score (nSPS) is 10.2. The van der Waals surface area contributed by atoms with Crippen molar-refractivity contribution in [3.63, 3.8) is 0 Å². The number of nitrogens with two attached hydrogens (primary N) is 1. The van der Waals surface area contributed by atoms with Crippen LogP contribution in [0.4, 0.5) is 5.69 Å². The fourth-order valence-corrected chi connectivity index (χ4v) is 1.92. The maximum atomic E-state index is 12.3. The van der Waals surface area contributed by atoms with Gasteiger partial charge < -0.3 is 15.7 Å². The Balaban J connectivity index is 2.30. The monoisotopic (exact) mass is 256 g/mol. The summed E-state index contributed by atoms with van der Waals surface area (Å²) < 4.78 is 0. The number of para-hydroxylation sites is 1. The second-order valence-corrected chi connectivity index (χ2v) is 4.24. The van der Waals surface area contributed by atoms with Gasteiger partial charge in [0.05, 0.1) is 0 Å². The molecule has 0 aromatic heterocycles. The molecule has 0 saturated carbocycles. The summed E-state index contributed by atoms with van der Waals surface area (Å²) in [5.41, 5.74) is 7.91. The molecular weight excluding hydrogens is 240 g/mol. The Bertz CT molecular complexity index is 579. The minimum Gasteiger partial charge on any atom is -0.508 e. The average Bonchev–Trinajstić information content (AvgIpc) is 2.46.